The molecule has 0 radical (unpaired) electrons. The van der Waals surface area contributed by atoms with Crippen LogP contribution in [0.1, 0.15) is 52.9 Å². The standard InChI is InChI=1S/C15H26O/c1-11-12(10-16)6-7-13-14(2,3)8-5-9-15(11,13)4/h12-13,16H,1,5-10H2,2-4H3/t12-,13-,15+/m0/s1. The third-order valence-electron chi connectivity index (χ3n) is 5.48. The summed E-state index contributed by atoms with van der Waals surface area (Å²) in [4.78, 5) is 0. The first-order chi connectivity index (χ1) is 7.42. The smallest absolute Gasteiger partial charge is 0.0496 e. The van der Waals surface area contributed by atoms with Gasteiger partial charge in [0.05, 0.1) is 0 Å². The van der Waals surface area contributed by atoms with Gasteiger partial charge in [-0.05, 0) is 42.4 Å². The number of hydrogen-bond acceptors (Lipinski definition) is 1. The molecule has 2 saturated carbocycles. The number of aliphatic hydroxyl groups excluding tert-OH is 1. The number of hydrogen-bond donors (Lipinski definition) is 1. The zero-order valence-corrected chi connectivity index (χ0v) is 11.1. The Morgan fingerprint density at radius 2 is 1.94 bits per heavy atom. The van der Waals surface area contributed by atoms with E-state index in [0.717, 1.165) is 12.3 Å². The van der Waals surface area contributed by atoms with Gasteiger partial charge in [0.25, 0.3) is 0 Å². The van der Waals surface area contributed by atoms with E-state index in [1.54, 1.807) is 0 Å². The molecule has 16 heavy (non-hydrogen) atoms. The van der Waals surface area contributed by atoms with Crippen molar-refractivity contribution in [1.82, 2.24) is 0 Å². The Morgan fingerprint density at radius 1 is 1.25 bits per heavy atom. The van der Waals surface area contributed by atoms with Crippen LogP contribution >= 0.6 is 0 Å². The molecule has 0 bridgehead atoms. The lowest BCUT2D eigenvalue weighted by atomic mass is 9.49. The summed E-state index contributed by atoms with van der Waals surface area (Å²) >= 11 is 0. The van der Waals surface area contributed by atoms with Crippen LogP contribution in [0.5, 0.6) is 0 Å². The first kappa shape index (κ1) is 12.2. The summed E-state index contributed by atoms with van der Waals surface area (Å²) in [5.41, 5.74) is 2.07. The summed E-state index contributed by atoms with van der Waals surface area (Å²) in [6.45, 7) is 11.8. The van der Waals surface area contributed by atoms with Crippen molar-refractivity contribution in [2.24, 2.45) is 22.7 Å². The van der Waals surface area contributed by atoms with E-state index in [2.05, 4.69) is 27.4 Å². The molecule has 92 valence electrons. The minimum absolute atomic E-state index is 0.285. The van der Waals surface area contributed by atoms with Gasteiger partial charge in [-0.15, -0.1) is 0 Å². The Bertz CT molecular complexity index is 292. The van der Waals surface area contributed by atoms with Crippen LogP contribution in [0, 0.1) is 22.7 Å². The maximum atomic E-state index is 9.44. The third-order valence-corrected chi connectivity index (χ3v) is 5.48. The molecule has 0 amide bonds. The van der Waals surface area contributed by atoms with Crippen molar-refractivity contribution in [1.29, 1.82) is 0 Å². The average Bonchev–Trinajstić information content (AvgIpc) is 2.20. The molecule has 2 fully saturated rings. The summed E-state index contributed by atoms with van der Waals surface area (Å²) in [5.74, 6) is 1.12. The van der Waals surface area contributed by atoms with Gasteiger partial charge < -0.3 is 5.11 Å². The second kappa shape index (κ2) is 3.87. The van der Waals surface area contributed by atoms with E-state index < -0.39 is 0 Å². The normalized spacial score (nSPS) is 42.9. The van der Waals surface area contributed by atoms with Gasteiger partial charge in [0.1, 0.15) is 0 Å². The molecule has 0 aliphatic heterocycles. The molecule has 1 nitrogen and oxygen atoms in total. The first-order valence-corrected chi connectivity index (χ1v) is 6.72. The summed E-state index contributed by atoms with van der Waals surface area (Å²) in [6, 6.07) is 0. The Balaban J connectivity index is 2.30. The summed E-state index contributed by atoms with van der Waals surface area (Å²) in [5, 5.41) is 9.44. The molecule has 0 spiro atoms. The van der Waals surface area contributed by atoms with Crippen molar-refractivity contribution in [3.05, 3.63) is 12.2 Å². The molecular formula is C15H26O. The molecular weight excluding hydrogens is 196 g/mol. The molecule has 0 heterocycles. The molecule has 2 aliphatic carbocycles. The summed E-state index contributed by atoms with van der Waals surface area (Å²) in [7, 11) is 0. The van der Waals surface area contributed by atoms with E-state index in [1.807, 2.05) is 0 Å². The second-order valence-electron chi connectivity index (χ2n) is 6.79. The van der Waals surface area contributed by atoms with Gasteiger partial charge in [0, 0.05) is 12.5 Å². The van der Waals surface area contributed by atoms with E-state index in [0.29, 0.717) is 17.9 Å². The van der Waals surface area contributed by atoms with Crippen molar-refractivity contribution < 1.29 is 5.11 Å². The van der Waals surface area contributed by atoms with Gasteiger partial charge in [-0.25, -0.2) is 0 Å². The minimum Gasteiger partial charge on any atom is -0.396 e. The van der Waals surface area contributed by atoms with E-state index in [9.17, 15) is 5.11 Å². The monoisotopic (exact) mass is 222 g/mol. The van der Waals surface area contributed by atoms with E-state index in [1.165, 1.54) is 31.3 Å². The fourth-order valence-corrected chi connectivity index (χ4v) is 4.43. The lowest BCUT2D eigenvalue weighted by Gasteiger charge is -2.56. The van der Waals surface area contributed by atoms with Crippen LogP contribution in [-0.2, 0) is 0 Å². The molecule has 1 N–H and O–H groups in total. The van der Waals surface area contributed by atoms with Gasteiger partial charge in [-0.2, -0.15) is 0 Å². The number of fused-ring (bicyclic) bond motifs is 1. The van der Waals surface area contributed by atoms with E-state index in [-0.39, 0.29) is 5.41 Å². The third kappa shape index (κ3) is 1.64. The zero-order chi connectivity index (χ0) is 12.0. The predicted octanol–water partition coefficient (Wildman–Crippen LogP) is 3.78. The zero-order valence-electron chi connectivity index (χ0n) is 11.1. The molecule has 0 aromatic carbocycles. The molecule has 2 rings (SSSR count). The highest BCUT2D eigenvalue weighted by Gasteiger charge is 2.51. The van der Waals surface area contributed by atoms with Crippen LogP contribution in [0.4, 0.5) is 0 Å². The first-order valence-electron chi connectivity index (χ1n) is 6.72. The van der Waals surface area contributed by atoms with Gasteiger partial charge in [-0.3, -0.25) is 0 Å². The van der Waals surface area contributed by atoms with Crippen LogP contribution in [-0.4, -0.2) is 11.7 Å². The molecule has 3 atom stereocenters. The van der Waals surface area contributed by atoms with Gasteiger partial charge in [-0.1, -0.05) is 39.3 Å². The lowest BCUT2D eigenvalue weighted by molar-refractivity contribution is -0.0141. The fraction of sp³-hybridized carbons (Fsp3) is 0.867. The van der Waals surface area contributed by atoms with Gasteiger partial charge in [0.2, 0.25) is 0 Å². The summed E-state index contributed by atoms with van der Waals surface area (Å²) < 4.78 is 0. The Kier molecular flexibility index (Phi) is 2.94. The van der Waals surface area contributed by atoms with Crippen molar-refractivity contribution in [2.45, 2.75) is 52.9 Å². The van der Waals surface area contributed by atoms with Crippen LogP contribution < -0.4 is 0 Å². The highest BCUT2D eigenvalue weighted by atomic mass is 16.3. The maximum absolute atomic E-state index is 9.44. The molecule has 1 heteroatoms. The van der Waals surface area contributed by atoms with Crippen molar-refractivity contribution >= 4 is 0 Å². The van der Waals surface area contributed by atoms with Gasteiger partial charge in [0.15, 0.2) is 0 Å². The highest BCUT2D eigenvalue weighted by Crippen LogP contribution is 2.60. The average molecular weight is 222 g/mol. The number of aliphatic hydroxyl groups is 1. The Morgan fingerprint density at radius 3 is 2.56 bits per heavy atom. The highest BCUT2D eigenvalue weighted by molar-refractivity contribution is 5.21. The lowest BCUT2D eigenvalue weighted by Crippen LogP contribution is -2.47. The van der Waals surface area contributed by atoms with Crippen molar-refractivity contribution in [3.8, 4) is 0 Å². The molecule has 0 aromatic heterocycles. The van der Waals surface area contributed by atoms with Gasteiger partial charge >= 0.3 is 0 Å². The largest absolute Gasteiger partial charge is 0.396 e. The topological polar surface area (TPSA) is 20.2 Å². The molecule has 0 aromatic rings. The Hall–Kier alpha value is -0.300. The SMILES string of the molecule is C=C1[C@H](CO)CC[C@H]2C(C)(C)CCC[C@]12C. The molecule has 0 unspecified atom stereocenters. The van der Waals surface area contributed by atoms with Crippen molar-refractivity contribution in [3.63, 3.8) is 0 Å². The quantitative estimate of drug-likeness (QED) is 0.669. The van der Waals surface area contributed by atoms with Crippen LogP contribution in [0.2, 0.25) is 0 Å². The fourth-order valence-electron chi connectivity index (χ4n) is 4.43. The van der Waals surface area contributed by atoms with E-state index >= 15 is 0 Å². The Labute approximate surface area is 99.9 Å². The van der Waals surface area contributed by atoms with Crippen LogP contribution in [0.15, 0.2) is 12.2 Å². The molecule has 2 aliphatic rings. The molecule has 0 saturated heterocycles. The van der Waals surface area contributed by atoms with Crippen molar-refractivity contribution in [2.75, 3.05) is 6.61 Å². The minimum atomic E-state index is 0.285. The van der Waals surface area contributed by atoms with E-state index in [4.69, 9.17) is 0 Å². The predicted molar refractivity (Wildman–Crippen MR) is 68.2 cm³/mol. The summed E-state index contributed by atoms with van der Waals surface area (Å²) in [6.07, 6.45) is 6.35. The van der Waals surface area contributed by atoms with Crippen LogP contribution in [0.3, 0.4) is 0 Å². The number of rotatable bonds is 1. The van der Waals surface area contributed by atoms with Crippen LogP contribution in [0.25, 0.3) is 0 Å². The second-order valence-corrected chi connectivity index (χ2v) is 6.79. The maximum Gasteiger partial charge on any atom is 0.0496 e.